The minimum atomic E-state index is -0.202. The van der Waals surface area contributed by atoms with Crippen LogP contribution in [0.1, 0.15) is 17.1 Å². The van der Waals surface area contributed by atoms with Crippen molar-refractivity contribution in [3.8, 4) is 0 Å². The first kappa shape index (κ1) is 10.9. The molecule has 0 aliphatic rings. The Morgan fingerprint density at radius 2 is 2.06 bits per heavy atom. The Labute approximate surface area is 104 Å². The van der Waals surface area contributed by atoms with Gasteiger partial charge in [-0.25, -0.2) is 14.4 Å². The average Bonchev–Trinajstić information content (AvgIpc) is 2.70. The second-order valence-corrected chi connectivity index (χ2v) is 4.19. The van der Waals surface area contributed by atoms with Crippen LogP contribution in [0.15, 0.2) is 42.7 Å². The van der Waals surface area contributed by atoms with Gasteiger partial charge in [0.25, 0.3) is 0 Å². The van der Waals surface area contributed by atoms with Gasteiger partial charge in [0.05, 0.1) is 5.69 Å². The topological polar surface area (TPSA) is 30.2 Å². The number of fused-ring (bicyclic) bond motifs is 1. The number of aryl methyl sites for hydroxylation is 1. The monoisotopic (exact) mass is 241 g/mol. The predicted octanol–water partition coefficient (Wildman–Crippen LogP) is 2.77. The third kappa shape index (κ3) is 1.76. The molecule has 0 fully saturated rings. The van der Waals surface area contributed by atoms with Gasteiger partial charge in [0.2, 0.25) is 0 Å². The Hall–Kier alpha value is -2.23. The van der Waals surface area contributed by atoms with Gasteiger partial charge >= 0.3 is 0 Å². The lowest BCUT2D eigenvalue weighted by atomic mass is 10.1. The van der Waals surface area contributed by atoms with Crippen LogP contribution >= 0.6 is 0 Å². The van der Waals surface area contributed by atoms with E-state index in [1.54, 1.807) is 18.3 Å². The maximum absolute atomic E-state index is 13.6. The largest absolute Gasteiger partial charge is 0.288 e. The Bertz CT molecular complexity index is 703. The number of halogens is 1. The van der Waals surface area contributed by atoms with Gasteiger partial charge in [-0.15, -0.1) is 0 Å². The van der Waals surface area contributed by atoms with Crippen molar-refractivity contribution in [1.82, 2.24) is 14.4 Å². The van der Waals surface area contributed by atoms with Crippen LogP contribution in [0.5, 0.6) is 0 Å². The van der Waals surface area contributed by atoms with Gasteiger partial charge in [-0.2, -0.15) is 0 Å². The highest BCUT2D eigenvalue weighted by atomic mass is 19.1. The lowest BCUT2D eigenvalue weighted by Crippen LogP contribution is -1.94. The molecule has 2 aromatic heterocycles. The van der Waals surface area contributed by atoms with Crippen LogP contribution < -0.4 is 0 Å². The molecule has 1 aromatic carbocycles. The fourth-order valence-electron chi connectivity index (χ4n) is 2.09. The molecule has 0 aliphatic heterocycles. The maximum Gasteiger partial charge on any atom is 0.160 e. The van der Waals surface area contributed by atoms with Gasteiger partial charge in [-0.05, 0) is 24.6 Å². The van der Waals surface area contributed by atoms with E-state index < -0.39 is 0 Å². The van der Waals surface area contributed by atoms with Crippen LogP contribution in [0, 0.1) is 12.7 Å². The van der Waals surface area contributed by atoms with E-state index in [-0.39, 0.29) is 5.82 Å². The van der Waals surface area contributed by atoms with Crippen LogP contribution in [0.4, 0.5) is 4.39 Å². The SMILES string of the molecule is Cc1nc(Cc2ccccc2F)c2ncccn12. The fraction of sp³-hybridized carbons (Fsp3) is 0.143. The number of nitrogens with zero attached hydrogens (tertiary/aromatic N) is 3. The van der Waals surface area contributed by atoms with Gasteiger partial charge < -0.3 is 0 Å². The minimum Gasteiger partial charge on any atom is -0.288 e. The standard InChI is InChI=1S/C14H12FN3/c1-10-17-13(14-16-7-4-8-18(10)14)9-11-5-2-3-6-12(11)15/h2-8H,9H2,1H3. The third-order valence-corrected chi connectivity index (χ3v) is 2.97. The molecule has 0 spiro atoms. The molecule has 4 heteroatoms. The van der Waals surface area contributed by atoms with Crippen molar-refractivity contribution in [2.75, 3.05) is 0 Å². The van der Waals surface area contributed by atoms with Crippen LogP contribution in [0.25, 0.3) is 5.65 Å². The molecule has 0 amide bonds. The summed E-state index contributed by atoms with van der Waals surface area (Å²) in [5, 5.41) is 0. The summed E-state index contributed by atoms with van der Waals surface area (Å²) in [6.45, 7) is 1.92. The Kier molecular flexibility index (Phi) is 2.55. The Balaban J connectivity index is 2.08. The fourth-order valence-corrected chi connectivity index (χ4v) is 2.09. The van der Waals surface area contributed by atoms with Crippen molar-refractivity contribution in [2.45, 2.75) is 13.3 Å². The number of rotatable bonds is 2. The lowest BCUT2D eigenvalue weighted by Gasteiger charge is -2.00. The summed E-state index contributed by atoms with van der Waals surface area (Å²) in [7, 11) is 0. The van der Waals surface area contributed by atoms with Crippen molar-refractivity contribution in [3.05, 3.63) is 65.6 Å². The smallest absolute Gasteiger partial charge is 0.160 e. The number of hydrogen-bond donors (Lipinski definition) is 0. The zero-order chi connectivity index (χ0) is 12.5. The molecule has 0 saturated carbocycles. The summed E-state index contributed by atoms with van der Waals surface area (Å²) in [4.78, 5) is 8.77. The quantitative estimate of drug-likeness (QED) is 0.690. The summed E-state index contributed by atoms with van der Waals surface area (Å²) in [5.41, 5.74) is 2.24. The van der Waals surface area contributed by atoms with Gasteiger partial charge in [0.1, 0.15) is 11.6 Å². The molecule has 3 rings (SSSR count). The highest BCUT2D eigenvalue weighted by molar-refractivity contribution is 5.47. The molecule has 0 aliphatic carbocycles. The van der Waals surface area contributed by atoms with Crippen molar-refractivity contribution in [3.63, 3.8) is 0 Å². The average molecular weight is 241 g/mol. The highest BCUT2D eigenvalue weighted by Gasteiger charge is 2.11. The van der Waals surface area contributed by atoms with Crippen molar-refractivity contribution < 1.29 is 4.39 Å². The number of imidazole rings is 1. The molecule has 0 bridgehead atoms. The summed E-state index contributed by atoms with van der Waals surface area (Å²) in [5.74, 6) is 0.664. The molecular weight excluding hydrogens is 229 g/mol. The van der Waals surface area contributed by atoms with E-state index in [9.17, 15) is 4.39 Å². The van der Waals surface area contributed by atoms with E-state index in [4.69, 9.17) is 0 Å². The molecule has 0 saturated heterocycles. The van der Waals surface area contributed by atoms with Crippen LogP contribution in [-0.2, 0) is 6.42 Å². The molecule has 0 atom stereocenters. The van der Waals surface area contributed by atoms with E-state index in [0.29, 0.717) is 12.0 Å². The lowest BCUT2D eigenvalue weighted by molar-refractivity contribution is 0.613. The molecule has 90 valence electrons. The van der Waals surface area contributed by atoms with E-state index in [0.717, 1.165) is 17.2 Å². The van der Waals surface area contributed by atoms with Gasteiger partial charge in [-0.3, -0.25) is 4.40 Å². The zero-order valence-electron chi connectivity index (χ0n) is 9.97. The molecule has 3 nitrogen and oxygen atoms in total. The second kappa shape index (κ2) is 4.22. The summed E-state index contributed by atoms with van der Waals surface area (Å²) < 4.78 is 15.5. The second-order valence-electron chi connectivity index (χ2n) is 4.19. The third-order valence-electron chi connectivity index (χ3n) is 2.97. The predicted molar refractivity (Wildman–Crippen MR) is 66.9 cm³/mol. The van der Waals surface area contributed by atoms with Gasteiger partial charge in [0, 0.05) is 18.8 Å². The first-order valence-electron chi connectivity index (χ1n) is 5.77. The van der Waals surface area contributed by atoms with Crippen molar-refractivity contribution in [1.29, 1.82) is 0 Å². The van der Waals surface area contributed by atoms with E-state index >= 15 is 0 Å². The number of hydrogen-bond acceptors (Lipinski definition) is 2. The maximum atomic E-state index is 13.6. The van der Waals surface area contributed by atoms with Crippen molar-refractivity contribution >= 4 is 5.65 Å². The molecule has 18 heavy (non-hydrogen) atoms. The number of benzene rings is 1. The van der Waals surface area contributed by atoms with Crippen LogP contribution in [-0.4, -0.2) is 14.4 Å². The molecule has 3 aromatic rings. The molecule has 0 N–H and O–H groups in total. The summed E-state index contributed by atoms with van der Waals surface area (Å²) in [6.07, 6.45) is 4.10. The van der Waals surface area contributed by atoms with Gasteiger partial charge in [-0.1, -0.05) is 18.2 Å². The first-order chi connectivity index (χ1) is 8.75. The van der Waals surface area contributed by atoms with Crippen LogP contribution in [0.3, 0.4) is 0 Å². The molecule has 0 unspecified atom stereocenters. The van der Waals surface area contributed by atoms with Crippen LogP contribution in [0.2, 0.25) is 0 Å². The Morgan fingerprint density at radius 3 is 2.89 bits per heavy atom. The van der Waals surface area contributed by atoms with E-state index in [1.807, 2.05) is 29.7 Å². The Morgan fingerprint density at radius 1 is 1.22 bits per heavy atom. The normalized spacial score (nSPS) is 11.0. The molecule has 0 radical (unpaired) electrons. The highest BCUT2D eigenvalue weighted by Crippen LogP contribution is 2.16. The van der Waals surface area contributed by atoms with Gasteiger partial charge in [0.15, 0.2) is 5.65 Å². The number of aromatic nitrogens is 3. The summed E-state index contributed by atoms with van der Waals surface area (Å²) in [6, 6.07) is 8.62. The first-order valence-corrected chi connectivity index (χ1v) is 5.77. The molecular formula is C14H12FN3. The molecule has 2 heterocycles. The van der Waals surface area contributed by atoms with E-state index in [2.05, 4.69) is 9.97 Å². The summed E-state index contributed by atoms with van der Waals surface area (Å²) >= 11 is 0. The minimum absolute atomic E-state index is 0.202. The van der Waals surface area contributed by atoms with Crippen molar-refractivity contribution in [2.24, 2.45) is 0 Å². The van der Waals surface area contributed by atoms with E-state index in [1.165, 1.54) is 6.07 Å². The zero-order valence-corrected chi connectivity index (χ0v) is 9.97.